The van der Waals surface area contributed by atoms with Gasteiger partial charge >= 0.3 is 6.18 Å². The molecule has 0 unspecified atom stereocenters. The van der Waals surface area contributed by atoms with Gasteiger partial charge in [-0.2, -0.15) is 13.2 Å². The van der Waals surface area contributed by atoms with Crippen molar-refractivity contribution in [1.82, 2.24) is 10.5 Å². The van der Waals surface area contributed by atoms with E-state index in [9.17, 15) is 26.7 Å². The first kappa shape index (κ1) is 20.3. The van der Waals surface area contributed by atoms with Crippen molar-refractivity contribution in [2.45, 2.75) is 19.0 Å². The normalized spacial score (nSPS) is 14.1. The van der Waals surface area contributed by atoms with Crippen LogP contribution < -0.4 is 10.8 Å². The Hall–Kier alpha value is -2.46. The molecule has 1 heterocycles. The minimum absolute atomic E-state index is 0.282. The number of nitrogens with one attached hydrogen (secondary N) is 2. The van der Waals surface area contributed by atoms with Crippen molar-refractivity contribution < 1.29 is 31.6 Å². The minimum atomic E-state index is -4.68. The zero-order valence-electron chi connectivity index (χ0n) is 14.0. The predicted octanol–water partition coefficient (Wildman–Crippen LogP) is 4.85. The van der Waals surface area contributed by atoms with Crippen LogP contribution >= 0.6 is 11.6 Å². The highest BCUT2D eigenvalue weighted by Gasteiger charge is 2.32. The molecule has 0 radical (unpaired) electrons. The van der Waals surface area contributed by atoms with Crippen molar-refractivity contribution in [3.63, 3.8) is 0 Å². The van der Waals surface area contributed by atoms with Crippen molar-refractivity contribution in [1.29, 1.82) is 0 Å². The molecule has 11 heteroatoms. The molecule has 1 saturated carbocycles. The Balaban J connectivity index is 1.86. The maximum absolute atomic E-state index is 14.3. The number of hydrogen-bond donors (Lipinski definition) is 2. The molecule has 0 spiro atoms. The van der Waals surface area contributed by atoms with Gasteiger partial charge < -0.3 is 5.32 Å². The number of anilines is 2. The van der Waals surface area contributed by atoms with Crippen molar-refractivity contribution in [3.8, 4) is 0 Å². The standard InChI is InChI=1S/C17H13ClF5N3O2/c18-11-5-9(17(21,22)23)6-24-15(11)25-14-10(3-4-12(19)13(14)20)16(27)26-28-7-8-1-2-8/h3-6,8H,1-2,7H2,(H,24,25)(H,26,27). The molecule has 5 nitrogen and oxygen atoms in total. The molecule has 1 aromatic heterocycles. The van der Waals surface area contributed by atoms with Crippen molar-refractivity contribution in [3.05, 3.63) is 52.2 Å². The molecule has 1 fully saturated rings. The van der Waals surface area contributed by atoms with E-state index in [0.29, 0.717) is 18.2 Å². The van der Waals surface area contributed by atoms with Crippen molar-refractivity contribution in [2.75, 3.05) is 11.9 Å². The number of nitrogens with zero attached hydrogens (tertiary/aromatic N) is 1. The third-order valence-electron chi connectivity index (χ3n) is 3.93. The van der Waals surface area contributed by atoms with E-state index in [1.165, 1.54) is 0 Å². The molecule has 1 aromatic carbocycles. The number of halogens is 6. The van der Waals surface area contributed by atoms with Crippen molar-refractivity contribution in [2.24, 2.45) is 5.92 Å². The number of carbonyl (C=O) groups is 1. The van der Waals surface area contributed by atoms with Crippen LogP contribution in [-0.2, 0) is 11.0 Å². The van der Waals surface area contributed by atoms with Gasteiger partial charge in [0.15, 0.2) is 11.6 Å². The van der Waals surface area contributed by atoms with Gasteiger partial charge in [-0.3, -0.25) is 9.63 Å². The minimum Gasteiger partial charge on any atom is -0.336 e. The second-order valence-corrected chi connectivity index (χ2v) is 6.55. The fraction of sp³-hybridized carbons (Fsp3) is 0.294. The van der Waals surface area contributed by atoms with Gasteiger partial charge in [0, 0.05) is 6.20 Å². The Bertz CT molecular complexity index is 903. The molecular weight excluding hydrogens is 409 g/mol. The predicted molar refractivity (Wildman–Crippen MR) is 90.0 cm³/mol. The van der Waals surface area contributed by atoms with Gasteiger partial charge in [-0.05, 0) is 37.0 Å². The lowest BCUT2D eigenvalue weighted by atomic mass is 10.1. The van der Waals surface area contributed by atoms with E-state index in [4.69, 9.17) is 16.4 Å². The van der Waals surface area contributed by atoms with E-state index >= 15 is 0 Å². The fourth-order valence-electron chi connectivity index (χ4n) is 2.23. The Labute approximate surface area is 160 Å². The summed E-state index contributed by atoms with van der Waals surface area (Å²) < 4.78 is 66.0. The Kier molecular flexibility index (Phi) is 5.71. The van der Waals surface area contributed by atoms with Crippen molar-refractivity contribution >= 4 is 29.0 Å². The lowest BCUT2D eigenvalue weighted by Gasteiger charge is -2.15. The molecule has 1 aliphatic rings. The SMILES string of the molecule is O=C(NOCC1CC1)c1ccc(F)c(F)c1Nc1ncc(C(F)(F)F)cc1Cl. The first-order valence-electron chi connectivity index (χ1n) is 8.06. The number of aromatic nitrogens is 1. The third-order valence-corrected chi connectivity index (χ3v) is 4.22. The van der Waals surface area contributed by atoms with E-state index in [1.807, 2.05) is 0 Å². The maximum atomic E-state index is 14.3. The highest BCUT2D eigenvalue weighted by molar-refractivity contribution is 6.33. The van der Waals surface area contributed by atoms with Crippen LogP contribution in [0, 0.1) is 17.6 Å². The van der Waals surface area contributed by atoms with Crippen LogP contribution in [-0.4, -0.2) is 17.5 Å². The summed E-state index contributed by atoms with van der Waals surface area (Å²) in [5.41, 5.74) is 0.0225. The quantitative estimate of drug-likeness (QED) is 0.517. The van der Waals surface area contributed by atoms with E-state index in [1.54, 1.807) is 0 Å². The van der Waals surface area contributed by atoms with Crippen LogP contribution in [0.5, 0.6) is 0 Å². The number of pyridine rings is 1. The summed E-state index contributed by atoms with van der Waals surface area (Å²) in [4.78, 5) is 20.7. The van der Waals surface area contributed by atoms with Crippen LogP contribution in [0.25, 0.3) is 0 Å². The summed E-state index contributed by atoms with van der Waals surface area (Å²) in [5, 5.41) is 1.79. The van der Waals surface area contributed by atoms with E-state index in [2.05, 4.69) is 15.8 Å². The van der Waals surface area contributed by atoms with Crippen LogP contribution in [0.4, 0.5) is 33.5 Å². The lowest BCUT2D eigenvalue weighted by Crippen LogP contribution is -2.26. The van der Waals surface area contributed by atoms with Crippen LogP contribution in [0.1, 0.15) is 28.8 Å². The molecule has 0 bridgehead atoms. The average molecular weight is 422 g/mol. The second kappa shape index (κ2) is 7.88. The number of alkyl halides is 3. The number of carbonyl (C=O) groups excluding carboxylic acids is 1. The number of hydrogen-bond acceptors (Lipinski definition) is 4. The lowest BCUT2D eigenvalue weighted by molar-refractivity contribution is -0.137. The number of benzene rings is 1. The summed E-state index contributed by atoms with van der Waals surface area (Å²) >= 11 is 5.77. The van der Waals surface area contributed by atoms with Gasteiger partial charge in [-0.15, -0.1) is 0 Å². The zero-order chi connectivity index (χ0) is 20.5. The molecule has 2 aromatic rings. The molecular formula is C17H13ClF5N3O2. The second-order valence-electron chi connectivity index (χ2n) is 6.15. The molecule has 0 saturated heterocycles. The smallest absolute Gasteiger partial charge is 0.336 e. The van der Waals surface area contributed by atoms with Crippen LogP contribution in [0.2, 0.25) is 5.02 Å². The monoisotopic (exact) mass is 421 g/mol. The fourth-order valence-corrected chi connectivity index (χ4v) is 2.44. The molecule has 1 amide bonds. The zero-order valence-corrected chi connectivity index (χ0v) is 14.8. The molecule has 1 aliphatic carbocycles. The molecule has 2 N–H and O–H groups in total. The highest BCUT2D eigenvalue weighted by atomic mass is 35.5. The van der Waals surface area contributed by atoms with Gasteiger partial charge in [0.25, 0.3) is 5.91 Å². The molecule has 3 rings (SSSR count). The molecule has 150 valence electrons. The molecule has 0 aliphatic heterocycles. The average Bonchev–Trinajstić information content (AvgIpc) is 3.44. The Morgan fingerprint density at radius 2 is 2.00 bits per heavy atom. The van der Waals surface area contributed by atoms with Crippen LogP contribution in [0.3, 0.4) is 0 Å². The molecule has 28 heavy (non-hydrogen) atoms. The number of hydroxylamine groups is 1. The Morgan fingerprint density at radius 1 is 1.29 bits per heavy atom. The number of amides is 1. The van der Waals surface area contributed by atoms with Gasteiger partial charge in [0.2, 0.25) is 0 Å². The molecule has 0 atom stereocenters. The summed E-state index contributed by atoms with van der Waals surface area (Å²) in [5.74, 6) is -3.61. The van der Waals surface area contributed by atoms with Gasteiger partial charge in [-0.25, -0.2) is 19.2 Å². The first-order valence-corrected chi connectivity index (χ1v) is 8.44. The van der Waals surface area contributed by atoms with E-state index in [-0.39, 0.29) is 18.0 Å². The number of rotatable bonds is 6. The summed E-state index contributed by atoms with van der Waals surface area (Å²) in [7, 11) is 0. The van der Waals surface area contributed by atoms with Gasteiger partial charge in [0.1, 0.15) is 5.82 Å². The summed E-state index contributed by atoms with van der Waals surface area (Å²) in [6, 6.07) is 2.30. The summed E-state index contributed by atoms with van der Waals surface area (Å²) in [6.45, 7) is 0.282. The highest BCUT2D eigenvalue weighted by Crippen LogP contribution is 2.34. The summed E-state index contributed by atoms with van der Waals surface area (Å²) in [6.07, 6.45) is -2.25. The van der Waals surface area contributed by atoms with Gasteiger partial charge in [-0.1, -0.05) is 11.6 Å². The largest absolute Gasteiger partial charge is 0.417 e. The Morgan fingerprint density at radius 3 is 2.61 bits per heavy atom. The first-order chi connectivity index (χ1) is 13.2. The van der Waals surface area contributed by atoms with Crippen LogP contribution in [0.15, 0.2) is 24.4 Å². The van der Waals surface area contributed by atoms with E-state index in [0.717, 1.165) is 25.0 Å². The van der Waals surface area contributed by atoms with E-state index < -0.39 is 40.0 Å². The maximum Gasteiger partial charge on any atom is 0.417 e. The van der Waals surface area contributed by atoms with Gasteiger partial charge in [0.05, 0.1) is 28.4 Å². The third kappa shape index (κ3) is 4.68. The topological polar surface area (TPSA) is 63.2 Å².